The molecule has 10 nitrogen and oxygen atoms in total. The minimum Gasteiger partial charge on any atom is -0.465 e. The molecule has 14 heteroatoms. The third-order valence-electron chi connectivity index (χ3n) is 7.83. The summed E-state index contributed by atoms with van der Waals surface area (Å²) in [4.78, 5) is 54.7. The van der Waals surface area contributed by atoms with Crippen LogP contribution in [-0.4, -0.2) is 35.9 Å². The number of hydrogen-bond acceptors (Lipinski definition) is 10. The number of hydrogen-bond donors (Lipinski definition) is 1. The zero-order chi connectivity index (χ0) is 33.3. The number of nitrogens with two attached hydrogens (primary N) is 1. The molecule has 2 aliphatic rings. The van der Waals surface area contributed by atoms with Crippen molar-refractivity contribution < 1.29 is 42.0 Å². The lowest BCUT2D eigenvalue weighted by molar-refractivity contribution is -0.384. The number of esters is 2. The molecule has 1 aromatic heterocycles. The number of nitrogens with zero attached hydrogens (tertiary/aromatic N) is 2. The van der Waals surface area contributed by atoms with Crippen LogP contribution in [0.1, 0.15) is 48.1 Å². The molecule has 3 atom stereocenters. The lowest BCUT2D eigenvalue weighted by Gasteiger charge is -2.43. The minimum absolute atomic E-state index is 0.0305. The fourth-order valence-corrected chi connectivity index (χ4v) is 6.84. The standard InChI is InChI=1S/C32H28F3N3O7S/c1-3-44-30(40)25-21(23-12-7-13-46-23)16-22-26(28(25)39)24(17-8-5-11-20(14-17)38(42)43)27(31(41)45-4-2)29(36)37(22)19-10-6-9-18(15-19)32(33,34)35/h5-15,21,24-25H,3-4,16,36H2,1-2H3/t21-,24+,25-/m1/s1. The number of anilines is 1. The zero-order valence-electron chi connectivity index (χ0n) is 24.6. The summed E-state index contributed by atoms with van der Waals surface area (Å²) in [6, 6.07) is 13.0. The number of halogens is 3. The number of nitro groups is 1. The monoisotopic (exact) mass is 655 g/mol. The van der Waals surface area contributed by atoms with Gasteiger partial charge in [-0.3, -0.25) is 24.6 Å². The Bertz CT molecular complexity index is 1770. The Morgan fingerprint density at radius 1 is 1.07 bits per heavy atom. The predicted molar refractivity (Wildman–Crippen MR) is 161 cm³/mol. The van der Waals surface area contributed by atoms with Gasteiger partial charge >= 0.3 is 18.1 Å². The largest absolute Gasteiger partial charge is 0.465 e. The van der Waals surface area contributed by atoms with Crippen LogP contribution in [-0.2, 0) is 30.0 Å². The summed E-state index contributed by atoms with van der Waals surface area (Å²) in [5.41, 5.74) is 5.08. The Labute approximate surface area is 265 Å². The predicted octanol–water partition coefficient (Wildman–Crippen LogP) is 6.20. The lowest BCUT2D eigenvalue weighted by atomic mass is 9.68. The summed E-state index contributed by atoms with van der Waals surface area (Å²) in [5.74, 6) is -6.40. The summed E-state index contributed by atoms with van der Waals surface area (Å²) >= 11 is 1.29. The van der Waals surface area contributed by atoms with Crippen LogP contribution < -0.4 is 10.6 Å². The summed E-state index contributed by atoms with van der Waals surface area (Å²) < 4.78 is 52.2. The molecule has 3 aromatic rings. The quantitative estimate of drug-likeness (QED) is 0.130. The van der Waals surface area contributed by atoms with Gasteiger partial charge in [-0.25, -0.2) is 4.79 Å². The van der Waals surface area contributed by atoms with Gasteiger partial charge in [-0.1, -0.05) is 24.3 Å². The molecule has 2 heterocycles. The van der Waals surface area contributed by atoms with Gasteiger partial charge in [0.05, 0.1) is 35.2 Å². The van der Waals surface area contributed by atoms with E-state index in [1.807, 2.05) is 0 Å². The number of carbonyl (C=O) groups is 3. The molecule has 1 aliphatic carbocycles. The summed E-state index contributed by atoms with van der Waals surface area (Å²) in [6.45, 7) is 2.97. The van der Waals surface area contributed by atoms with E-state index in [9.17, 15) is 37.7 Å². The average molecular weight is 656 g/mol. The molecule has 0 bridgehead atoms. The molecule has 2 N–H and O–H groups in total. The fraction of sp³-hybridized carbons (Fsp3) is 0.281. The van der Waals surface area contributed by atoms with E-state index in [4.69, 9.17) is 15.2 Å². The van der Waals surface area contributed by atoms with Crippen LogP contribution >= 0.6 is 11.3 Å². The van der Waals surface area contributed by atoms with E-state index >= 15 is 0 Å². The van der Waals surface area contributed by atoms with Gasteiger partial charge in [-0.05, 0) is 55.5 Å². The highest BCUT2D eigenvalue weighted by molar-refractivity contribution is 7.10. The molecule has 0 unspecified atom stereocenters. The first-order valence-electron chi connectivity index (χ1n) is 14.2. The Hall–Kier alpha value is -4.98. The lowest BCUT2D eigenvalue weighted by Crippen LogP contribution is -2.46. The van der Waals surface area contributed by atoms with E-state index in [0.29, 0.717) is 4.88 Å². The van der Waals surface area contributed by atoms with E-state index in [2.05, 4.69) is 0 Å². The smallest absolute Gasteiger partial charge is 0.416 e. The van der Waals surface area contributed by atoms with Crippen LogP contribution in [0.2, 0.25) is 0 Å². The number of benzene rings is 2. The number of thiophene rings is 1. The summed E-state index contributed by atoms with van der Waals surface area (Å²) in [7, 11) is 0. The van der Waals surface area contributed by atoms with Gasteiger partial charge in [0.15, 0.2) is 5.78 Å². The second kappa shape index (κ2) is 12.8. The number of alkyl halides is 3. The molecule has 2 aromatic carbocycles. The summed E-state index contributed by atoms with van der Waals surface area (Å²) in [5, 5.41) is 13.5. The average Bonchev–Trinajstić information content (AvgIpc) is 3.55. The molecular formula is C32H28F3N3O7S. The van der Waals surface area contributed by atoms with Crippen LogP contribution in [0.5, 0.6) is 0 Å². The molecule has 0 amide bonds. The summed E-state index contributed by atoms with van der Waals surface area (Å²) in [6.07, 6.45) is -4.79. The maximum atomic E-state index is 14.7. The van der Waals surface area contributed by atoms with Gasteiger partial charge in [0, 0.05) is 39.9 Å². The first-order chi connectivity index (χ1) is 21.9. The Balaban J connectivity index is 1.85. The second-order valence-corrected chi connectivity index (χ2v) is 11.4. The number of non-ortho nitro benzene ring substituents is 1. The van der Waals surface area contributed by atoms with Crippen molar-refractivity contribution in [3.05, 3.63) is 115 Å². The SMILES string of the molecule is CCOC(=O)C1=C(N)N(c2cccc(C(F)(F)F)c2)C2=C(C(=O)[C@H](C(=O)OCC)[C@@H](c3cccs3)C2)[C@@H]1c1cccc([N+](=O)[O-])c1. The van der Waals surface area contributed by atoms with Gasteiger partial charge in [0.25, 0.3) is 5.69 Å². The van der Waals surface area contributed by atoms with E-state index in [1.54, 1.807) is 24.4 Å². The molecule has 0 saturated carbocycles. The first kappa shape index (κ1) is 32.4. The number of ketones is 1. The molecule has 0 spiro atoms. The number of Topliss-reactive ketones (excluding diaryl/α,β-unsaturated/α-hetero) is 1. The highest BCUT2D eigenvalue weighted by Gasteiger charge is 2.52. The zero-order valence-corrected chi connectivity index (χ0v) is 25.4. The highest BCUT2D eigenvalue weighted by Crippen LogP contribution is 2.52. The minimum atomic E-state index is -4.73. The van der Waals surface area contributed by atoms with Gasteiger partial charge in [-0.2, -0.15) is 13.2 Å². The Morgan fingerprint density at radius 3 is 2.41 bits per heavy atom. The normalized spacial score (nSPS) is 20.0. The van der Waals surface area contributed by atoms with E-state index in [-0.39, 0.29) is 59.2 Å². The number of allylic oxidation sites excluding steroid dienone is 2. The number of carbonyl (C=O) groups excluding carboxylic acids is 3. The van der Waals surface area contributed by atoms with Crippen molar-refractivity contribution in [2.75, 3.05) is 18.1 Å². The Morgan fingerprint density at radius 2 is 1.78 bits per heavy atom. The fourth-order valence-electron chi connectivity index (χ4n) is 5.98. The van der Waals surface area contributed by atoms with Gasteiger partial charge in [0.2, 0.25) is 0 Å². The van der Waals surface area contributed by atoms with E-state index < -0.39 is 52.1 Å². The molecule has 5 rings (SSSR count). The van der Waals surface area contributed by atoms with E-state index in [0.717, 1.165) is 12.1 Å². The number of rotatable bonds is 8. The third kappa shape index (κ3) is 5.87. The molecule has 1 aliphatic heterocycles. The second-order valence-electron chi connectivity index (χ2n) is 10.5. The van der Waals surface area contributed by atoms with Crippen LogP contribution in [0.25, 0.3) is 0 Å². The van der Waals surface area contributed by atoms with Crippen molar-refractivity contribution in [2.24, 2.45) is 11.7 Å². The topological polar surface area (TPSA) is 142 Å². The van der Waals surface area contributed by atoms with Crippen molar-refractivity contribution in [1.29, 1.82) is 0 Å². The maximum Gasteiger partial charge on any atom is 0.416 e. The van der Waals surface area contributed by atoms with Crippen molar-refractivity contribution in [3.8, 4) is 0 Å². The molecule has 240 valence electrons. The Kier molecular flexibility index (Phi) is 9.01. The van der Waals surface area contributed by atoms with Crippen molar-refractivity contribution >= 4 is 40.4 Å². The molecule has 0 fully saturated rings. The van der Waals surface area contributed by atoms with Crippen molar-refractivity contribution in [3.63, 3.8) is 0 Å². The van der Waals surface area contributed by atoms with Crippen molar-refractivity contribution in [1.82, 2.24) is 0 Å². The van der Waals surface area contributed by atoms with E-state index in [1.165, 1.54) is 59.6 Å². The van der Waals surface area contributed by atoms with Gasteiger partial charge in [0.1, 0.15) is 11.7 Å². The highest BCUT2D eigenvalue weighted by atomic mass is 32.1. The third-order valence-corrected chi connectivity index (χ3v) is 8.83. The molecule has 46 heavy (non-hydrogen) atoms. The molecular weight excluding hydrogens is 627 g/mol. The number of nitro benzene ring substituents is 1. The van der Waals surface area contributed by atoms with Crippen molar-refractivity contribution in [2.45, 2.75) is 38.3 Å². The maximum absolute atomic E-state index is 14.7. The van der Waals surface area contributed by atoms with Crippen LogP contribution in [0.4, 0.5) is 24.5 Å². The van der Waals surface area contributed by atoms with Gasteiger partial charge < -0.3 is 15.2 Å². The first-order valence-corrected chi connectivity index (χ1v) is 15.1. The van der Waals surface area contributed by atoms with Crippen LogP contribution in [0, 0.1) is 16.0 Å². The number of ether oxygens (including phenoxy) is 2. The van der Waals surface area contributed by atoms with Crippen LogP contribution in [0.3, 0.4) is 0 Å². The van der Waals surface area contributed by atoms with Crippen LogP contribution in [0.15, 0.2) is 88.7 Å². The molecule has 0 radical (unpaired) electrons. The van der Waals surface area contributed by atoms with Gasteiger partial charge in [-0.15, -0.1) is 11.3 Å². The molecule has 0 saturated heterocycles.